The number of nitrogens with one attached hydrogen (secondary N) is 1. The second-order valence-corrected chi connectivity index (χ2v) is 1.64. The van der Waals surface area contributed by atoms with Gasteiger partial charge in [0.25, 0.3) is 0 Å². The van der Waals surface area contributed by atoms with Crippen LogP contribution in [0.3, 0.4) is 0 Å². The first-order valence-electron chi connectivity index (χ1n) is 2.85. The van der Waals surface area contributed by atoms with E-state index in [1.54, 1.807) is 6.20 Å². The van der Waals surface area contributed by atoms with Crippen molar-refractivity contribution in [1.82, 2.24) is 5.32 Å². The summed E-state index contributed by atoms with van der Waals surface area (Å²) >= 11 is 0. The van der Waals surface area contributed by atoms with E-state index in [4.69, 9.17) is 0 Å². The van der Waals surface area contributed by atoms with Gasteiger partial charge in [-0.3, -0.25) is 0 Å². The van der Waals surface area contributed by atoms with E-state index >= 15 is 0 Å². The minimum atomic E-state index is 1.08. The molecule has 0 unspecified atom stereocenters. The van der Waals surface area contributed by atoms with Crippen molar-refractivity contribution in [2.75, 3.05) is 0 Å². The highest BCUT2D eigenvalue weighted by atomic mass is 14.8. The molecule has 1 heteroatoms. The van der Waals surface area contributed by atoms with Gasteiger partial charge in [-0.05, 0) is 19.5 Å². The second kappa shape index (κ2) is 4.44. The molecule has 0 bridgehead atoms. The fourth-order valence-corrected chi connectivity index (χ4v) is 0.526. The average molecular weight is 111 g/mol. The predicted molar refractivity (Wildman–Crippen MR) is 37.4 cm³/mol. The van der Waals surface area contributed by atoms with Crippen LogP contribution >= 0.6 is 0 Å². The Hall–Kier alpha value is -0.720. The molecular formula is C7H13N. The molecule has 0 fully saturated rings. The maximum Gasteiger partial charge on any atom is 0.00739 e. The number of allylic oxidation sites excluding steroid dienone is 2. The maximum absolute atomic E-state index is 3.53. The molecule has 0 rings (SSSR count). The van der Waals surface area contributed by atoms with Crippen LogP contribution in [0.25, 0.3) is 0 Å². The molecule has 1 nitrogen and oxygen atoms in total. The molecule has 0 heterocycles. The summed E-state index contributed by atoms with van der Waals surface area (Å²) in [5.41, 5.74) is 1.17. The Bertz CT molecular complexity index is 92.6. The molecule has 46 valence electrons. The Labute approximate surface area is 51.1 Å². The van der Waals surface area contributed by atoms with Crippen LogP contribution in [0.2, 0.25) is 0 Å². The van der Waals surface area contributed by atoms with E-state index in [0.29, 0.717) is 0 Å². The van der Waals surface area contributed by atoms with Gasteiger partial charge in [-0.15, -0.1) is 0 Å². The van der Waals surface area contributed by atoms with Crippen molar-refractivity contribution in [3.63, 3.8) is 0 Å². The topological polar surface area (TPSA) is 12.0 Å². The highest BCUT2D eigenvalue weighted by Crippen LogP contribution is 1.87. The van der Waals surface area contributed by atoms with E-state index in [1.807, 2.05) is 6.92 Å². The standard InChI is InChI=1S/C7H13N/c1-4-6-7(3)8-5-2/h5-6,8H,2,4H2,1,3H3/b7-6+. The quantitative estimate of drug-likeness (QED) is 0.587. The van der Waals surface area contributed by atoms with Gasteiger partial charge in [0.1, 0.15) is 0 Å². The lowest BCUT2D eigenvalue weighted by atomic mass is 10.4. The van der Waals surface area contributed by atoms with Crippen molar-refractivity contribution in [2.24, 2.45) is 0 Å². The van der Waals surface area contributed by atoms with E-state index in [0.717, 1.165) is 6.42 Å². The Morgan fingerprint density at radius 1 is 1.75 bits per heavy atom. The van der Waals surface area contributed by atoms with Gasteiger partial charge in [-0.1, -0.05) is 19.6 Å². The van der Waals surface area contributed by atoms with Crippen molar-refractivity contribution in [2.45, 2.75) is 20.3 Å². The third-order valence-corrected chi connectivity index (χ3v) is 0.840. The molecule has 0 aromatic rings. The van der Waals surface area contributed by atoms with Gasteiger partial charge in [0.2, 0.25) is 0 Å². The fourth-order valence-electron chi connectivity index (χ4n) is 0.526. The summed E-state index contributed by atoms with van der Waals surface area (Å²) < 4.78 is 0. The van der Waals surface area contributed by atoms with Gasteiger partial charge in [0.15, 0.2) is 0 Å². The lowest BCUT2D eigenvalue weighted by Gasteiger charge is -1.95. The lowest BCUT2D eigenvalue weighted by Crippen LogP contribution is -1.98. The van der Waals surface area contributed by atoms with E-state index in [-0.39, 0.29) is 0 Å². The molecule has 0 aliphatic carbocycles. The molecule has 0 saturated carbocycles. The zero-order chi connectivity index (χ0) is 6.41. The van der Waals surface area contributed by atoms with Crippen LogP contribution in [-0.2, 0) is 0 Å². The molecule has 0 aromatic heterocycles. The van der Waals surface area contributed by atoms with Gasteiger partial charge < -0.3 is 5.32 Å². The highest BCUT2D eigenvalue weighted by Gasteiger charge is 1.76. The summed E-state index contributed by atoms with van der Waals surface area (Å²) in [6, 6.07) is 0. The molecule has 0 aromatic carbocycles. The normalized spacial score (nSPS) is 11.0. The van der Waals surface area contributed by atoms with Crippen molar-refractivity contribution < 1.29 is 0 Å². The van der Waals surface area contributed by atoms with Crippen LogP contribution in [0.1, 0.15) is 20.3 Å². The van der Waals surface area contributed by atoms with E-state index in [9.17, 15) is 0 Å². The Balaban J connectivity index is 3.44. The maximum atomic E-state index is 3.53. The van der Waals surface area contributed by atoms with Crippen LogP contribution in [0, 0.1) is 0 Å². The molecule has 0 amide bonds. The van der Waals surface area contributed by atoms with Crippen LogP contribution in [0.5, 0.6) is 0 Å². The molecule has 0 aliphatic rings. The van der Waals surface area contributed by atoms with Gasteiger partial charge in [-0.2, -0.15) is 0 Å². The molecule has 0 atom stereocenters. The summed E-state index contributed by atoms with van der Waals surface area (Å²) in [5, 5.41) is 2.97. The molecule has 0 aliphatic heterocycles. The largest absolute Gasteiger partial charge is 0.366 e. The minimum Gasteiger partial charge on any atom is -0.366 e. The molecule has 8 heavy (non-hydrogen) atoms. The van der Waals surface area contributed by atoms with Crippen LogP contribution in [0.15, 0.2) is 24.6 Å². The summed E-state index contributed by atoms with van der Waals surface area (Å²) in [7, 11) is 0. The summed E-state index contributed by atoms with van der Waals surface area (Å²) in [6.07, 6.45) is 4.87. The van der Waals surface area contributed by atoms with Crippen molar-refractivity contribution in [1.29, 1.82) is 0 Å². The number of hydrogen-bond acceptors (Lipinski definition) is 1. The smallest absolute Gasteiger partial charge is 0.00739 e. The minimum absolute atomic E-state index is 1.08. The first-order chi connectivity index (χ1) is 3.81. The molecular weight excluding hydrogens is 98.1 g/mol. The SMILES string of the molecule is C=CN/C(C)=C/CC. The van der Waals surface area contributed by atoms with E-state index in [1.165, 1.54) is 5.70 Å². The summed E-state index contributed by atoms with van der Waals surface area (Å²) in [5.74, 6) is 0. The van der Waals surface area contributed by atoms with E-state index < -0.39 is 0 Å². The third-order valence-electron chi connectivity index (χ3n) is 0.840. The average Bonchev–Trinajstić information content (AvgIpc) is 1.68. The zero-order valence-electron chi connectivity index (χ0n) is 5.57. The zero-order valence-corrected chi connectivity index (χ0v) is 5.57. The van der Waals surface area contributed by atoms with E-state index in [2.05, 4.69) is 24.9 Å². The van der Waals surface area contributed by atoms with Gasteiger partial charge in [-0.25, -0.2) is 0 Å². The summed E-state index contributed by atoms with van der Waals surface area (Å²) in [4.78, 5) is 0. The molecule has 0 saturated heterocycles. The molecule has 0 radical (unpaired) electrons. The number of rotatable bonds is 3. The van der Waals surface area contributed by atoms with Crippen LogP contribution in [0.4, 0.5) is 0 Å². The van der Waals surface area contributed by atoms with Gasteiger partial charge in [0, 0.05) is 5.70 Å². The number of hydrogen-bond donors (Lipinski definition) is 1. The Morgan fingerprint density at radius 2 is 2.38 bits per heavy atom. The predicted octanol–water partition coefficient (Wildman–Crippen LogP) is 2.03. The summed E-state index contributed by atoms with van der Waals surface area (Å²) in [6.45, 7) is 7.66. The van der Waals surface area contributed by atoms with Crippen molar-refractivity contribution in [3.05, 3.63) is 24.6 Å². The lowest BCUT2D eigenvalue weighted by molar-refractivity contribution is 1.03. The molecule has 1 N–H and O–H groups in total. The van der Waals surface area contributed by atoms with Gasteiger partial charge in [0.05, 0.1) is 0 Å². The Morgan fingerprint density at radius 3 is 2.75 bits per heavy atom. The first-order valence-corrected chi connectivity index (χ1v) is 2.85. The monoisotopic (exact) mass is 111 g/mol. The first kappa shape index (κ1) is 7.28. The van der Waals surface area contributed by atoms with Crippen molar-refractivity contribution >= 4 is 0 Å². The van der Waals surface area contributed by atoms with Crippen molar-refractivity contribution in [3.8, 4) is 0 Å². The van der Waals surface area contributed by atoms with Gasteiger partial charge >= 0.3 is 0 Å². The Kier molecular flexibility index (Phi) is 4.04. The third kappa shape index (κ3) is 3.47. The highest BCUT2D eigenvalue weighted by molar-refractivity contribution is 4.97. The van der Waals surface area contributed by atoms with Crippen LogP contribution in [-0.4, -0.2) is 0 Å². The second-order valence-electron chi connectivity index (χ2n) is 1.64. The fraction of sp³-hybridized carbons (Fsp3) is 0.429. The molecule has 0 spiro atoms. The van der Waals surface area contributed by atoms with Crippen LogP contribution < -0.4 is 5.32 Å².